The Morgan fingerprint density at radius 1 is 1.05 bits per heavy atom. The molecule has 104 valence electrons. The van der Waals surface area contributed by atoms with Crippen LogP contribution in [-0.4, -0.2) is 5.91 Å². The molecule has 0 aliphatic rings. The van der Waals surface area contributed by atoms with Gasteiger partial charge in [-0.05, 0) is 29.7 Å². The van der Waals surface area contributed by atoms with Gasteiger partial charge in [-0.1, -0.05) is 38.1 Å². The van der Waals surface area contributed by atoms with Crippen LogP contribution >= 0.6 is 0 Å². The summed E-state index contributed by atoms with van der Waals surface area (Å²) in [4.78, 5) is 12.0. The van der Waals surface area contributed by atoms with Gasteiger partial charge >= 0.3 is 0 Å². The number of carbonyl (C=O) groups is 1. The van der Waals surface area contributed by atoms with E-state index in [4.69, 9.17) is 0 Å². The van der Waals surface area contributed by atoms with E-state index in [9.17, 15) is 13.6 Å². The monoisotopic (exact) mass is 275 g/mol. The number of rotatable bonds is 3. The normalized spacial score (nSPS) is 10.7. The zero-order chi connectivity index (χ0) is 14.7. The zero-order valence-corrected chi connectivity index (χ0v) is 11.3. The van der Waals surface area contributed by atoms with Gasteiger partial charge in [-0.15, -0.1) is 0 Å². The van der Waals surface area contributed by atoms with Gasteiger partial charge < -0.3 is 5.32 Å². The molecule has 0 radical (unpaired) electrons. The third-order valence-electron chi connectivity index (χ3n) is 3.03. The van der Waals surface area contributed by atoms with Crippen LogP contribution < -0.4 is 5.32 Å². The number of benzene rings is 2. The van der Waals surface area contributed by atoms with Gasteiger partial charge in [0.1, 0.15) is 0 Å². The molecule has 0 saturated carbocycles. The second kappa shape index (κ2) is 5.82. The van der Waals surface area contributed by atoms with Crippen LogP contribution in [-0.2, 0) is 0 Å². The Kier molecular flexibility index (Phi) is 4.13. The minimum Gasteiger partial charge on any atom is -0.322 e. The quantitative estimate of drug-likeness (QED) is 0.887. The summed E-state index contributed by atoms with van der Waals surface area (Å²) in [6.07, 6.45) is 0. The van der Waals surface area contributed by atoms with E-state index in [1.54, 1.807) is 12.1 Å². The summed E-state index contributed by atoms with van der Waals surface area (Å²) >= 11 is 0. The maximum atomic E-state index is 13.6. The van der Waals surface area contributed by atoms with Gasteiger partial charge in [0.25, 0.3) is 5.91 Å². The SMILES string of the molecule is CC(C)c1ccccc1NC(=O)c1cccc(F)c1F. The van der Waals surface area contributed by atoms with Crippen molar-refractivity contribution in [2.24, 2.45) is 0 Å². The fourth-order valence-electron chi connectivity index (χ4n) is 1.98. The summed E-state index contributed by atoms with van der Waals surface area (Å²) in [7, 11) is 0. The fourth-order valence-corrected chi connectivity index (χ4v) is 1.98. The van der Waals surface area contributed by atoms with E-state index >= 15 is 0 Å². The summed E-state index contributed by atoms with van der Waals surface area (Å²) in [6, 6.07) is 10.8. The van der Waals surface area contributed by atoms with E-state index in [2.05, 4.69) is 5.32 Å². The first-order valence-electron chi connectivity index (χ1n) is 6.35. The van der Waals surface area contributed by atoms with Gasteiger partial charge in [-0.2, -0.15) is 0 Å². The van der Waals surface area contributed by atoms with Crippen LogP contribution in [0.2, 0.25) is 0 Å². The third kappa shape index (κ3) is 2.85. The van der Waals surface area contributed by atoms with Crippen molar-refractivity contribution in [2.45, 2.75) is 19.8 Å². The molecule has 1 amide bonds. The van der Waals surface area contributed by atoms with Crippen molar-refractivity contribution in [1.29, 1.82) is 0 Å². The lowest BCUT2D eigenvalue weighted by atomic mass is 10.0. The Morgan fingerprint density at radius 3 is 2.45 bits per heavy atom. The van der Waals surface area contributed by atoms with Gasteiger partial charge in [-0.3, -0.25) is 4.79 Å². The molecule has 2 aromatic carbocycles. The van der Waals surface area contributed by atoms with Crippen LogP contribution in [0.1, 0.15) is 35.7 Å². The lowest BCUT2D eigenvalue weighted by Crippen LogP contribution is -2.15. The van der Waals surface area contributed by atoms with Gasteiger partial charge in [0.15, 0.2) is 11.6 Å². The smallest absolute Gasteiger partial charge is 0.258 e. The first-order valence-corrected chi connectivity index (χ1v) is 6.35. The highest BCUT2D eigenvalue weighted by Gasteiger charge is 2.16. The van der Waals surface area contributed by atoms with Crippen LogP contribution in [0.25, 0.3) is 0 Å². The molecule has 0 unspecified atom stereocenters. The molecule has 20 heavy (non-hydrogen) atoms. The second-order valence-corrected chi connectivity index (χ2v) is 4.80. The minimum atomic E-state index is -1.13. The molecule has 0 heterocycles. The molecule has 0 aliphatic heterocycles. The van der Waals surface area contributed by atoms with Crippen LogP contribution in [0.3, 0.4) is 0 Å². The van der Waals surface area contributed by atoms with Crippen molar-refractivity contribution < 1.29 is 13.6 Å². The van der Waals surface area contributed by atoms with Gasteiger partial charge in [-0.25, -0.2) is 8.78 Å². The molecule has 0 saturated heterocycles. The number of halogens is 2. The Labute approximate surface area is 116 Å². The van der Waals surface area contributed by atoms with E-state index < -0.39 is 17.5 Å². The number of amides is 1. The van der Waals surface area contributed by atoms with Gasteiger partial charge in [0, 0.05) is 5.69 Å². The van der Waals surface area contributed by atoms with Crippen molar-refractivity contribution >= 4 is 11.6 Å². The first-order chi connectivity index (χ1) is 9.50. The molecular formula is C16H15F2NO. The summed E-state index contributed by atoms with van der Waals surface area (Å²) in [5, 5.41) is 2.63. The summed E-state index contributed by atoms with van der Waals surface area (Å²) < 4.78 is 26.7. The summed E-state index contributed by atoms with van der Waals surface area (Å²) in [6.45, 7) is 3.99. The molecule has 0 aromatic heterocycles. The lowest BCUT2D eigenvalue weighted by Gasteiger charge is -2.13. The maximum absolute atomic E-state index is 13.6. The number of anilines is 1. The Balaban J connectivity index is 2.31. The number of nitrogens with one attached hydrogen (secondary N) is 1. The summed E-state index contributed by atoms with van der Waals surface area (Å²) in [5.41, 5.74) is 1.25. The lowest BCUT2D eigenvalue weighted by molar-refractivity contribution is 0.102. The molecule has 0 aliphatic carbocycles. The predicted octanol–water partition coefficient (Wildman–Crippen LogP) is 4.34. The molecule has 0 spiro atoms. The molecular weight excluding hydrogens is 260 g/mol. The van der Waals surface area contributed by atoms with Crippen LogP contribution in [0.15, 0.2) is 42.5 Å². The molecule has 2 nitrogen and oxygen atoms in total. The maximum Gasteiger partial charge on any atom is 0.258 e. The largest absolute Gasteiger partial charge is 0.322 e. The molecule has 0 atom stereocenters. The number of hydrogen-bond donors (Lipinski definition) is 1. The van der Waals surface area contributed by atoms with Crippen molar-refractivity contribution in [2.75, 3.05) is 5.32 Å². The van der Waals surface area contributed by atoms with Crippen LogP contribution in [0.5, 0.6) is 0 Å². The van der Waals surface area contributed by atoms with Crippen molar-refractivity contribution in [3.63, 3.8) is 0 Å². The standard InChI is InChI=1S/C16H15F2NO/c1-10(2)11-6-3-4-9-14(11)19-16(20)12-7-5-8-13(17)15(12)18/h3-10H,1-2H3,(H,19,20). The van der Waals surface area contributed by atoms with E-state index in [0.29, 0.717) is 5.69 Å². The minimum absolute atomic E-state index is 0.212. The van der Waals surface area contributed by atoms with E-state index in [0.717, 1.165) is 11.6 Å². The third-order valence-corrected chi connectivity index (χ3v) is 3.03. The molecule has 1 N–H and O–H groups in total. The first kappa shape index (κ1) is 14.2. The van der Waals surface area contributed by atoms with Crippen molar-refractivity contribution in [3.05, 3.63) is 65.2 Å². The average molecular weight is 275 g/mol. The molecule has 4 heteroatoms. The van der Waals surface area contributed by atoms with Crippen LogP contribution in [0.4, 0.5) is 14.5 Å². The zero-order valence-electron chi connectivity index (χ0n) is 11.3. The molecule has 2 aromatic rings. The topological polar surface area (TPSA) is 29.1 Å². The van der Waals surface area contributed by atoms with Crippen LogP contribution in [0, 0.1) is 11.6 Å². The predicted molar refractivity (Wildman–Crippen MR) is 74.8 cm³/mol. The molecule has 0 bridgehead atoms. The fraction of sp³-hybridized carbons (Fsp3) is 0.188. The van der Waals surface area contributed by atoms with Crippen molar-refractivity contribution in [1.82, 2.24) is 0 Å². The Hall–Kier alpha value is -2.23. The van der Waals surface area contributed by atoms with E-state index in [1.807, 2.05) is 26.0 Å². The van der Waals surface area contributed by atoms with E-state index in [1.165, 1.54) is 12.1 Å². The Bertz CT molecular complexity index is 638. The molecule has 2 rings (SSSR count). The molecule has 0 fully saturated rings. The summed E-state index contributed by atoms with van der Waals surface area (Å²) in [5.74, 6) is -2.61. The number of para-hydroxylation sites is 1. The van der Waals surface area contributed by atoms with Gasteiger partial charge in [0.2, 0.25) is 0 Å². The van der Waals surface area contributed by atoms with E-state index in [-0.39, 0.29) is 11.5 Å². The average Bonchev–Trinajstić information content (AvgIpc) is 2.42. The highest BCUT2D eigenvalue weighted by atomic mass is 19.2. The highest BCUT2D eigenvalue weighted by molar-refractivity contribution is 6.04. The van der Waals surface area contributed by atoms with Crippen molar-refractivity contribution in [3.8, 4) is 0 Å². The highest BCUT2D eigenvalue weighted by Crippen LogP contribution is 2.24. The number of hydrogen-bond acceptors (Lipinski definition) is 1. The number of carbonyl (C=O) groups excluding carboxylic acids is 1. The van der Waals surface area contributed by atoms with Gasteiger partial charge in [0.05, 0.1) is 5.56 Å². The second-order valence-electron chi connectivity index (χ2n) is 4.80. The Morgan fingerprint density at radius 2 is 1.75 bits per heavy atom.